The van der Waals surface area contributed by atoms with E-state index in [1.807, 2.05) is 0 Å². The highest BCUT2D eigenvalue weighted by atomic mass is 79.9. The summed E-state index contributed by atoms with van der Waals surface area (Å²) in [6.07, 6.45) is 1.12. The number of nitrogens with one attached hydrogen (secondary N) is 1. The largest absolute Gasteiger partial charge is 0.507 e. The number of para-hydroxylation sites is 1. The monoisotopic (exact) mass is 377 g/mol. The van der Waals surface area contributed by atoms with Gasteiger partial charge >= 0.3 is 0 Å². The SMILES string of the molecule is O=C(Cc1ccccc1[N+](=O)[O-])N/N=C/c1cc(Br)ccc1O. The molecule has 0 saturated carbocycles. The molecule has 7 nitrogen and oxygen atoms in total. The van der Waals surface area contributed by atoms with Gasteiger partial charge in [-0.2, -0.15) is 5.10 Å². The van der Waals surface area contributed by atoms with Gasteiger partial charge in [0, 0.05) is 21.7 Å². The smallest absolute Gasteiger partial charge is 0.273 e. The Bertz CT molecular complexity index is 777. The van der Waals surface area contributed by atoms with Crippen LogP contribution in [-0.4, -0.2) is 22.2 Å². The average molecular weight is 378 g/mol. The van der Waals surface area contributed by atoms with Gasteiger partial charge in [-0.3, -0.25) is 14.9 Å². The Hall–Kier alpha value is -2.74. The molecule has 1 amide bonds. The third-order valence-electron chi connectivity index (χ3n) is 2.92. The molecule has 0 heterocycles. The van der Waals surface area contributed by atoms with E-state index in [9.17, 15) is 20.0 Å². The van der Waals surface area contributed by atoms with E-state index < -0.39 is 10.8 Å². The highest BCUT2D eigenvalue weighted by Gasteiger charge is 2.15. The maximum atomic E-state index is 11.8. The first-order chi connectivity index (χ1) is 11.0. The Morgan fingerprint density at radius 3 is 2.83 bits per heavy atom. The van der Waals surface area contributed by atoms with Gasteiger partial charge in [-0.15, -0.1) is 0 Å². The van der Waals surface area contributed by atoms with E-state index in [0.717, 1.165) is 4.47 Å². The van der Waals surface area contributed by atoms with Crippen molar-refractivity contribution >= 4 is 33.7 Å². The highest BCUT2D eigenvalue weighted by Crippen LogP contribution is 2.20. The average Bonchev–Trinajstić information content (AvgIpc) is 2.51. The number of nitro benzene ring substituents is 1. The van der Waals surface area contributed by atoms with Crippen LogP contribution >= 0.6 is 15.9 Å². The van der Waals surface area contributed by atoms with Gasteiger partial charge in [-0.25, -0.2) is 5.43 Å². The fourth-order valence-corrected chi connectivity index (χ4v) is 2.23. The lowest BCUT2D eigenvalue weighted by molar-refractivity contribution is -0.385. The summed E-state index contributed by atoms with van der Waals surface area (Å²) in [5, 5.41) is 24.3. The zero-order valence-corrected chi connectivity index (χ0v) is 13.4. The van der Waals surface area contributed by atoms with Crippen LogP contribution in [0.4, 0.5) is 5.69 Å². The quantitative estimate of drug-likeness (QED) is 0.474. The number of phenolic OH excluding ortho intramolecular Hbond substituents is 1. The summed E-state index contributed by atoms with van der Waals surface area (Å²) >= 11 is 3.26. The molecule has 0 fully saturated rings. The number of rotatable bonds is 5. The van der Waals surface area contributed by atoms with Gasteiger partial charge < -0.3 is 5.11 Å². The summed E-state index contributed by atoms with van der Waals surface area (Å²) in [6.45, 7) is 0. The number of nitrogens with zero attached hydrogens (tertiary/aromatic N) is 2. The standard InChI is InChI=1S/C15H12BrN3O4/c16-12-5-6-14(20)11(7-12)9-17-18-15(21)8-10-3-1-2-4-13(10)19(22)23/h1-7,9,20H,8H2,(H,18,21)/b17-9+. The second-order valence-corrected chi connectivity index (χ2v) is 5.47. The highest BCUT2D eigenvalue weighted by molar-refractivity contribution is 9.10. The van der Waals surface area contributed by atoms with Crippen molar-refractivity contribution in [3.05, 3.63) is 68.2 Å². The van der Waals surface area contributed by atoms with E-state index in [-0.39, 0.29) is 17.9 Å². The van der Waals surface area contributed by atoms with Crippen molar-refractivity contribution in [3.8, 4) is 5.75 Å². The molecule has 0 aromatic heterocycles. The van der Waals surface area contributed by atoms with Crippen LogP contribution in [0.2, 0.25) is 0 Å². The number of hydrogen-bond donors (Lipinski definition) is 2. The lowest BCUT2D eigenvalue weighted by Crippen LogP contribution is -2.20. The van der Waals surface area contributed by atoms with E-state index in [4.69, 9.17) is 0 Å². The summed E-state index contributed by atoms with van der Waals surface area (Å²) < 4.78 is 0.753. The van der Waals surface area contributed by atoms with Crippen molar-refractivity contribution in [1.82, 2.24) is 5.43 Å². The van der Waals surface area contributed by atoms with E-state index in [1.54, 1.807) is 18.2 Å². The number of phenols is 1. The third-order valence-corrected chi connectivity index (χ3v) is 3.42. The van der Waals surface area contributed by atoms with E-state index in [1.165, 1.54) is 30.5 Å². The van der Waals surface area contributed by atoms with Crippen molar-refractivity contribution in [2.24, 2.45) is 5.10 Å². The van der Waals surface area contributed by atoms with Crippen LogP contribution in [0.15, 0.2) is 52.0 Å². The number of nitro groups is 1. The Labute approximate surface area is 139 Å². The minimum absolute atomic E-state index is 0.0184. The lowest BCUT2D eigenvalue weighted by atomic mass is 10.1. The number of hydrazone groups is 1. The van der Waals surface area contributed by atoms with Crippen LogP contribution < -0.4 is 5.43 Å². The fourth-order valence-electron chi connectivity index (χ4n) is 1.85. The minimum atomic E-state index is -0.536. The summed E-state index contributed by atoms with van der Waals surface area (Å²) in [6, 6.07) is 10.8. The lowest BCUT2D eigenvalue weighted by Gasteiger charge is -2.02. The summed E-state index contributed by atoms with van der Waals surface area (Å²) in [4.78, 5) is 22.2. The molecule has 0 radical (unpaired) electrons. The molecule has 2 rings (SSSR count). The van der Waals surface area contributed by atoms with Crippen molar-refractivity contribution in [2.45, 2.75) is 6.42 Å². The molecule has 0 bridgehead atoms. The van der Waals surface area contributed by atoms with Gasteiger partial charge in [0.2, 0.25) is 5.91 Å². The Balaban J connectivity index is 2.02. The topological polar surface area (TPSA) is 105 Å². The summed E-state index contributed by atoms with van der Waals surface area (Å²) in [7, 11) is 0. The van der Waals surface area contributed by atoms with Crippen LogP contribution in [0.3, 0.4) is 0 Å². The van der Waals surface area contributed by atoms with Gasteiger partial charge in [-0.1, -0.05) is 34.1 Å². The summed E-state index contributed by atoms with van der Waals surface area (Å²) in [5.74, 6) is -0.477. The van der Waals surface area contributed by atoms with E-state index in [2.05, 4.69) is 26.5 Å². The fraction of sp³-hybridized carbons (Fsp3) is 0.0667. The molecule has 2 N–H and O–H groups in total. The van der Waals surface area contributed by atoms with Crippen molar-refractivity contribution < 1.29 is 14.8 Å². The van der Waals surface area contributed by atoms with Crippen LogP contribution in [0.5, 0.6) is 5.75 Å². The first-order valence-electron chi connectivity index (χ1n) is 6.50. The second-order valence-electron chi connectivity index (χ2n) is 4.56. The number of aromatic hydroxyl groups is 1. The first kappa shape index (κ1) is 16.6. The molecular weight excluding hydrogens is 366 g/mol. The number of benzene rings is 2. The number of amides is 1. The molecular formula is C15H12BrN3O4. The minimum Gasteiger partial charge on any atom is -0.507 e. The zero-order chi connectivity index (χ0) is 16.8. The van der Waals surface area contributed by atoms with E-state index in [0.29, 0.717) is 11.1 Å². The molecule has 0 unspecified atom stereocenters. The van der Waals surface area contributed by atoms with E-state index >= 15 is 0 Å². The molecule has 0 aliphatic heterocycles. The molecule has 2 aromatic carbocycles. The molecule has 2 aromatic rings. The van der Waals surface area contributed by atoms with Crippen molar-refractivity contribution in [1.29, 1.82) is 0 Å². The van der Waals surface area contributed by atoms with Gasteiger partial charge in [0.05, 0.1) is 17.6 Å². The van der Waals surface area contributed by atoms with Crippen LogP contribution in [0, 0.1) is 10.1 Å². The number of halogens is 1. The molecule has 23 heavy (non-hydrogen) atoms. The van der Waals surface area contributed by atoms with Gasteiger partial charge in [0.25, 0.3) is 5.69 Å². The maximum absolute atomic E-state index is 11.8. The van der Waals surface area contributed by atoms with Gasteiger partial charge in [0.1, 0.15) is 5.75 Å². The number of carbonyl (C=O) groups is 1. The van der Waals surface area contributed by atoms with Crippen molar-refractivity contribution in [3.63, 3.8) is 0 Å². The predicted molar refractivity (Wildman–Crippen MR) is 88.3 cm³/mol. The predicted octanol–water partition coefficient (Wildman–Crippen LogP) is 2.76. The van der Waals surface area contributed by atoms with Crippen LogP contribution in [0.1, 0.15) is 11.1 Å². The third kappa shape index (κ3) is 4.62. The second kappa shape index (κ2) is 7.50. The van der Waals surface area contributed by atoms with Crippen LogP contribution in [-0.2, 0) is 11.2 Å². The normalized spacial score (nSPS) is 10.7. The maximum Gasteiger partial charge on any atom is 0.273 e. The summed E-state index contributed by atoms with van der Waals surface area (Å²) in [5.41, 5.74) is 2.88. The molecule has 0 aliphatic rings. The molecule has 8 heteroatoms. The Morgan fingerprint density at radius 1 is 1.35 bits per heavy atom. The Kier molecular flexibility index (Phi) is 5.42. The van der Waals surface area contributed by atoms with Crippen molar-refractivity contribution in [2.75, 3.05) is 0 Å². The molecule has 0 saturated heterocycles. The molecule has 0 spiro atoms. The molecule has 0 atom stereocenters. The number of hydrogen-bond acceptors (Lipinski definition) is 5. The van der Waals surface area contributed by atoms with Gasteiger partial charge in [0.15, 0.2) is 0 Å². The Morgan fingerprint density at radius 2 is 2.09 bits per heavy atom. The number of carbonyl (C=O) groups excluding carboxylic acids is 1. The first-order valence-corrected chi connectivity index (χ1v) is 7.29. The molecule has 118 valence electrons. The zero-order valence-electron chi connectivity index (χ0n) is 11.8. The van der Waals surface area contributed by atoms with Crippen LogP contribution in [0.25, 0.3) is 0 Å². The van der Waals surface area contributed by atoms with Gasteiger partial charge in [-0.05, 0) is 18.2 Å². The molecule has 0 aliphatic carbocycles.